The van der Waals surface area contributed by atoms with Gasteiger partial charge in [-0.05, 0) is 56.9 Å². The molecule has 1 saturated heterocycles. The summed E-state index contributed by atoms with van der Waals surface area (Å²) in [5.74, 6) is -0.597. The standard InChI is InChI=1S/C22H31ClO6/c1-5-17(23)15(13-14-7-10-16(11-8-14)28-6-2)9-12-18-19(24)20(25)21(26)22(3,27-4)29-18/h5,7-11,18-21,24-26H,6,12-13H2,1-4H3/b15-9-,17-5+/t18-,19-,20+,21-,22?/m0/s1. The van der Waals surface area contributed by atoms with Crippen LogP contribution in [0.1, 0.15) is 32.8 Å². The molecule has 0 bridgehead atoms. The Bertz CT molecular complexity index is 717. The van der Waals surface area contributed by atoms with Crippen LogP contribution in [0.15, 0.2) is 47.0 Å². The van der Waals surface area contributed by atoms with Gasteiger partial charge >= 0.3 is 0 Å². The van der Waals surface area contributed by atoms with Crippen LogP contribution in [0.2, 0.25) is 0 Å². The first-order chi connectivity index (χ1) is 13.8. The molecule has 1 aromatic rings. The van der Waals surface area contributed by atoms with Gasteiger partial charge in [0.15, 0.2) is 5.79 Å². The van der Waals surface area contributed by atoms with Crippen LogP contribution in [0, 0.1) is 0 Å². The molecule has 0 aromatic heterocycles. The largest absolute Gasteiger partial charge is 0.494 e. The number of aliphatic hydroxyl groups excluding tert-OH is 3. The van der Waals surface area contributed by atoms with Crippen LogP contribution in [0.4, 0.5) is 0 Å². The number of halogens is 1. The molecule has 2 rings (SSSR count). The Kier molecular flexibility index (Phi) is 8.70. The van der Waals surface area contributed by atoms with Crippen molar-refractivity contribution in [2.75, 3.05) is 13.7 Å². The molecule has 0 amide bonds. The summed E-state index contributed by atoms with van der Waals surface area (Å²) in [5.41, 5.74) is 1.93. The van der Waals surface area contributed by atoms with E-state index in [9.17, 15) is 15.3 Å². The van der Waals surface area contributed by atoms with Crippen LogP contribution in [0.5, 0.6) is 5.75 Å². The van der Waals surface area contributed by atoms with Gasteiger partial charge in [-0.15, -0.1) is 0 Å². The molecule has 3 N–H and O–H groups in total. The van der Waals surface area contributed by atoms with E-state index >= 15 is 0 Å². The predicted octanol–water partition coefficient (Wildman–Crippen LogP) is 2.93. The van der Waals surface area contributed by atoms with E-state index in [4.69, 9.17) is 25.8 Å². The molecule has 1 aliphatic rings. The molecule has 1 fully saturated rings. The Labute approximate surface area is 177 Å². The van der Waals surface area contributed by atoms with Gasteiger partial charge in [-0.25, -0.2) is 0 Å². The summed E-state index contributed by atoms with van der Waals surface area (Å²) in [7, 11) is 1.38. The van der Waals surface area contributed by atoms with Crippen molar-refractivity contribution in [1.82, 2.24) is 0 Å². The van der Waals surface area contributed by atoms with E-state index in [1.54, 1.807) is 6.08 Å². The van der Waals surface area contributed by atoms with Gasteiger partial charge in [0, 0.05) is 12.1 Å². The van der Waals surface area contributed by atoms with Crippen molar-refractivity contribution in [3.8, 4) is 5.75 Å². The second-order valence-electron chi connectivity index (χ2n) is 7.16. The lowest BCUT2D eigenvalue weighted by Gasteiger charge is -2.46. The fourth-order valence-corrected chi connectivity index (χ4v) is 3.45. The fraction of sp³-hybridized carbons (Fsp3) is 0.545. The Balaban J connectivity index is 2.17. The summed E-state index contributed by atoms with van der Waals surface area (Å²) in [6.07, 6.45) is -0.170. The highest BCUT2D eigenvalue weighted by atomic mass is 35.5. The number of benzene rings is 1. The third kappa shape index (κ3) is 5.81. The molecule has 0 spiro atoms. The lowest BCUT2D eigenvalue weighted by atomic mass is 9.91. The predicted molar refractivity (Wildman–Crippen MR) is 112 cm³/mol. The van der Waals surface area contributed by atoms with Crippen molar-refractivity contribution in [1.29, 1.82) is 0 Å². The van der Waals surface area contributed by atoms with E-state index in [2.05, 4.69) is 0 Å². The number of methoxy groups -OCH3 is 1. The van der Waals surface area contributed by atoms with E-state index in [0.717, 1.165) is 16.9 Å². The zero-order valence-corrected chi connectivity index (χ0v) is 18.1. The highest BCUT2D eigenvalue weighted by Gasteiger charge is 2.50. The fourth-order valence-electron chi connectivity index (χ4n) is 3.30. The normalized spacial score (nSPS) is 31.0. The second kappa shape index (κ2) is 10.6. The molecule has 7 heteroatoms. The molecular formula is C22H31ClO6. The van der Waals surface area contributed by atoms with Gasteiger partial charge in [-0.3, -0.25) is 0 Å². The monoisotopic (exact) mass is 426 g/mol. The van der Waals surface area contributed by atoms with Gasteiger partial charge < -0.3 is 29.5 Å². The first-order valence-electron chi connectivity index (χ1n) is 9.75. The van der Waals surface area contributed by atoms with Crippen LogP contribution in [0.3, 0.4) is 0 Å². The highest BCUT2D eigenvalue weighted by Crippen LogP contribution is 2.33. The number of aliphatic hydroxyl groups is 3. The minimum absolute atomic E-state index is 0.292. The summed E-state index contributed by atoms with van der Waals surface area (Å²) < 4.78 is 16.5. The molecule has 1 aromatic carbocycles. The second-order valence-corrected chi connectivity index (χ2v) is 7.57. The van der Waals surface area contributed by atoms with Crippen LogP contribution in [-0.2, 0) is 15.9 Å². The molecule has 0 aliphatic carbocycles. The van der Waals surface area contributed by atoms with Crippen LogP contribution >= 0.6 is 11.6 Å². The van der Waals surface area contributed by atoms with Crippen molar-refractivity contribution in [2.24, 2.45) is 0 Å². The number of hydrogen-bond acceptors (Lipinski definition) is 6. The van der Waals surface area contributed by atoms with E-state index in [1.165, 1.54) is 14.0 Å². The summed E-state index contributed by atoms with van der Waals surface area (Å²) in [6, 6.07) is 7.78. The molecular weight excluding hydrogens is 396 g/mol. The average molecular weight is 427 g/mol. The summed E-state index contributed by atoms with van der Waals surface area (Å²) >= 11 is 6.40. The number of hydrogen-bond donors (Lipinski definition) is 3. The highest BCUT2D eigenvalue weighted by molar-refractivity contribution is 6.31. The molecule has 0 saturated carbocycles. The SMILES string of the molecule is C/C=C(Cl)\C(=C/C[C@@H]1OC(C)(OC)[C@@H](O)[C@H](O)[C@H]1O)Cc1ccc(OCC)cc1. The van der Waals surface area contributed by atoms with E-state index in [-0.39, 0.29) is 0 Å². The summed E-state index contributed by atoms with van der Waals surface area (Å²) in [4.78, 5) is 0. The summed E-state index contributed by atoms with van der Waals surface area (Å²) in [6.45, 7) is 5.93. The Hall–Kier alpha value is -1.41. The smallest absolute Gasteiger partial charge is 0.194 e. The van der Waals surface area contributed by atoms with Gasteiger partial charge in [0.1, 0.15) is 24.1 Å². The van der Waals surface area contributed by atoms with Gasteiger partial charge in [0.2, 0.25) is 0 Å². The molecule has 162 valence electrons. The minimum Gasteiger partial charge on any atom is -0.494 e. The molecule has 0 radical (unpaired) electrons. The Morgan fingerprint density at radius 3 is 2.41 bits per heavy atom. The minimum atomic E-state index is -1.41. The van der Waals surface area contributed by atoms with Crippen LogP contribution in [0.25, 0.3) is 0 Å². The average Bonchev–Trinajstić information content (AvgIpc) is 2.73. The molecule has 6 nitrogen and oxygen atoms in total. The van der Waals surface area contributed by atoms with Gasteiger partial charge in [0.25, 0.3) is 0 Å². The van der Waals surface area contributed by atoms with Crippen molar-refractivity contribution >= 4 is 11.6 Å². The molecule has 1 aliphatic heterocycles. The quantitative estimate of drug-likeness (QED) is 0.554. The van der Waals surface area contributed by atoms with Crippen molar-refractivity contribution in [2.45, 2.75) is 63.8 Å². The van der Waals surface area contributed by atoms with Gasteiger partial charge in [-0.1, -0.05) is 35.9 Å². The van der Waals surface area contributed by atoms with E-state index in [0.29, 0.717) is 24.5 Å². The zero-order valence-electron chi connectivity index (χ0n) is 17.3. The van der Waals surface area contributed by atoms with E-state index in [1.807, 2.05) is 44.2 Å². The number of ether oxygens (including phenoxy) is 3. The molecule has 5 atom stereocenters. The molecule has 29 heavy (non-hydrogen) atoms. The van der Waals surface area contributed by atoms with Gasteiger partial charge in [0.05, 0.1) is 12.7 Å². The van der Waals surface area contributed by atoms with Crippen LogP contribution < -0.4 is 4.74 Å². The topological polar surface area (TPSA) is 88.4 Å². The third-order valence-electron chi connectivity index (χ3n) is 5.17. The number of rotatable bonds is 8. The van der Waals surface area contributed by atoms with Crippen molar-refractivity contribution in [3.05, 3.63) is 52.6 Å². The summed E-state index contributed by atoms with van der Waals surface area (Å²) in [5, 5.41) is 31.2. The van der Waals surface area contributed by atoms with E-state index < -0.39 is 30.2 Å². The van der Waals surface area contributed by atoms with Crippen molar-refractivity contribution < 1.29 is 29.5 Å². The zero-order chi connectivity index (χ0) is 21.6. The third-order valence-corrected chi connectivity index (χ3v) is 5.63. The van der Waals surface area contributed by atoms with Crippen LogP contribution in [-0.4, -0.2) is 59.2 Å². The lowest BCUT2D eigenvalue weighted by Crippen LogP contribution is -2.63. The van der Waals surface area contributed by atoms with Gasteiger partial charge in [-0.2, -0.15) is 0 Å². The maximum Gasteiger partial charge on any atom is 0.194 e. The molecule has 1 heterocycles. The maximum absolute atomic E-state index is 10.3. The first kappa shape index (κ1) is 23.9. The lowest BCUT2D eigenvalue weighted by molar-refractivity contribution is -0.345. The Morgan fingerprint density at radius 2 is 1.86 bits per heavy atom. The number of allylic oxidation sites excluding steroid dienone is 3. The maximum atomic E-state index is 10.3. The Morgan fingerprint density at radius 1 is 1.21 bits per heavy atom. The molecule has 1 unspecified atom stereocenters. The first-order valence-corrected chi connectivity index (χ1v) is 10.1. The van der Waals surface area contributed by atoms with Crippen molar-refractivity contribution in [3.63, 3.8) is 0 Å².